The molecule has 0 amide bonds. The van der Waals surface area contributed by atoms with Crippen molar-refractivity contribution < 1.29 is 18.3 Å². The van der Waals surface area contributed by atoms with Crippen LogP contribution < -0.4 is 20.1 Å². The van der Waals surface area contributed by atoms with Gasteiger partial charge in [-0.05, 0) is 97.1 Å². The van der Waals surface area contributed by atoms with E-state index in [9.17, 15) is 8.78 Å². The Hall–Kier alpha value is -4.10. The summed E-state index contributed by atoms with van der Waals surface area (Å²) in [4.78, 5) is 0. The number of nitrogens with one attached hydrogen (secondary N) is 2. The van der Waals surface area contributed by atoms with Crippen molar-refractivity contribution in [3.63, 3.8) is 0 Å². The highest BCUT2D eigenvalue weighted by atomic mass is 79.9. The fourth-order valence-electron chi connectivity index (χ4n) is 6.94. The molecule has 0 aliphatic rings. The fraction of sp³-hybridized carbons (Fsp3) is 0.182. The standard InChI is InChI=1S/2C22H19Br2FN2O/c2*1-28-18-4-2-3-17(11-18)26-12-16(25)13-27-21-7-5-14(23)9-19(21)20-10-15(24)6-8-22(20)27/h2*2-11,16,26H,12-13H2,1H3/t2*16-/m10/s1. The highest BCUT2D eigenvalue weighted by molar-refractivity contribution is 9.11. The highest BCUT2D eigenvalue weighted by Gasteiger charge is 2.17. The van der Waals surface area contributed by atoms with E-state index in [1.165, 1.54) is 0 Å². The van der Waals surface area contributed by atoms with Crippen molar-refractivity contribution in [3.8, 4) is 11.5 Å². The number of hydrogen-bond acceptors (Lipinski definition) is 4. The minimum Gasteiger partial charge on any atom is -0.497 e. The minimum absolute atomic E-state index is 0.224. The molecule has 0 saturated heterocycles. The van der Waals surface area contributed by atoms with Crippen molar-refractivity contribution in [1.82, 2.24) is 9.13 Å². The Balaban J connectivity index is 0.000000172. The van der Waals surface area contributed by atoms with Crippen LogP contribution in [-0.2, 0) is 13.1 Å². The van der Waals surface area contributed by atoms with Gasteiger partial charge >= 0.3 is 0 Å². The zero-order chi connectivity index (χ0) is 39.3. The smallest absolute Gasteiger partial charge is 0.135 e. The number of benzene rings is 6. The second-order valence-electron chi connectivity index (χ2n) is 13.3. The Morgan fingerprint density at radius 2 is 0.804 bits per heavy atom. The second-order valence-corrected chi connectivity index (χ2v) is 17.0. The number of nitrogens with zero attached hydrogens (tertiary/aromatic N) is 2. The van der Waals surface area contributed by atoms with Crippen LogP contribution in [0.3, 0.4) is 0 Å². The number of hydrogen-bond donors (Lipinski definition) is 2. The molecule has 8 rings (SSSR count). The zero-order valence-corrected chi connectivity index (χ0v) is 36.9. The summed E-state index contributed by atoms with van der Waals surface area (Å²) in [7, 11) is 3.24. The van der Waals surface area contributed by atoms with Crippen LogP contribution in [0.5, 0.6) is 11.5 Å². The van der Waals surface area contributed by atoms with E-state index in [4.69, 9.17) is 9.47 Å². The lowest BCUT2D eigenvalue weighted by molar-refractivity contribution is 0.315. The summed E-state index contributed by atoms with van der Waals surface area (Å²) < 4.78 is 48.4. The van der Waals surface area contributed by atoms with Gasteiger partial charge in [0.15, 0.2) is 0 Å². The summed E-state index contributed by atoms with van der Waals surface area (Å²) >= 11 is 14.2. The average Bonchev–Trinajstić information content (AvgIpc) is 3.66. The summed E-state index contributed by atoms with van der Waals surface area (Å²) in [6.45, 7) is 1.00. The molecule has 2 atom stereocenters. The quantitative estimate of drug-likeness (QED) is 0.128. The molecule has 0 fully saturated rings. The summed E-state index contributed by atoms with van der Waals surface area (Å²) in [6.07, 6.45) is -2.09. The van der Waals surface area contributed by atoms with Gasteiger partial charge in [0.2, 0.25) is 0 Å². The van der Waals surface area contributed by atoms with Gasteiger partial charge in [-0.25, -0.2) is 8.78 Å². The molecule has 56 heavy (non-hydrogen) atoms. The third-order valence-electron chi connectivity index (χ3n) is 9.53. The van der Waals surface area contributed by atoms with Crippen LogP contribution in [0.25, 0.3) is 43.6 Å². The van der Waals surface area contributed by atoms with E-state index in [-0.39, 0.29) is 26.2 Å². The van der Waals surface area contributed by atoms with Crippen molar-refractivity contribution >= 4 is 119 Å². The van der Waals surface area contributed by atoms with Gasteiger partial charge in [0.1, 0.15) is 23.8 Å². The van der Waals surface area contributed by atoms with Crippen LogP contribution in [0.4, 0.5) is 20.2 Å². The van der Waals surface area contributed by atoms with Crippen molar-refractivity contribution in [2.75, 3.05) is 37.9 Å². The fourth-order valence-corrected chi connectivity index (χ4v) is 8.38. The van der Waals surface area contributed by atoms with Crippen LogP contribution in [0.1, 0.15) is 0 Å². The number of methoxy groups -OCH3 is 2. The van der Waals surface area contributed by atoms with Crippen molar-refractivity contribution in [2.45, 2.75) is 25.4 Å². The van der Waals surface area contributed by atoms with Gasteiger partial charge in [0.05, 0.1) is 27.3 Å². The third kappa shape index (κ3) is 9.20. The molecule has 2 heterocycles. The Labute approximate surface area is 357 Å². The molecule has 2 aromatic heterocycles. The molecule has 6 aromatic carbocycles. The van der Waals surface area contributed by atoms with E-state index in [1.54, 1.807) is 14.2 Å². The largest absolute Gasteiger partial charge is 0.497 e. The lowest BCUT2D eigenvalue weighted by atomic mass is 10.2. The van der Waals surface area contributed by atoms with E-state index < -0.39 is 12.3 Å². The number of alkyl halides is 2. The van der Waals surface area contributed by atoms with Crippen LogP contribution in [0, 0.1) is 0 Å². The molecule has 6 nitrogen and oxygen atoms in total. The molecule has 0 unspecified atom stereocenters. The maximum Gasteiger partial charge on any atom is 0.135 e. The Kier molecular flexibility index (Phi) is 12.9. The van der Waals surface area contributed by atoms with Gasteiger partial charge in [0.25, 0.3) is 0 Å². The van der Waals surface area contributed by atoms with E-state index in [0.29, 0.717) is 0 Å². The van der Waals surface area contributed by atoms with Crippen molar-refractivity contribution in [3.05, 3.63) is 139 Å². The van der Waals surface area contributed by atoms with E-state index in [0.717, 1.165) is 84.4 Å². The molecule has 0 bridgehead atoms. The van der Waals surface area contributed by atoms with Gasteiger partial charge in [-0.1, -0.05) is 75.9 Å². The normalized spacial score (nSPS) is 12.4. The highest BCUT2D eigenvalue weighted by Crippen LogP contribution is 2.35. The first-order valence-electron chi connectivity index (χ1n) is 17.9. The molecule has 0 radical (unpaired) electrons. The number of fused-ring (bicyclic) bond motifs is 6. The minimum atomic E-state index is -1.04. The Bertz CT molecular complexity index is 2350. The molecule has 0 spiro atoms. The maximum absolute atomic E-state index is 14.9. The number of halogens is 6. The van der Waals surface area contributed by atoms with Crippen LogP contribution in [0.2, 0.25) is 0 Å². The topological polar surface area (TPSA) is 52.4 Å². The van der Waals surface area contributed by atoms with E-state index in [1.807, 2.05) is 97.1 Å². The molecule has 288 valence electrons. The molecule has 0 saturated carbocycles. The predicted octanol–water partition coefficient (Wildman–Crippen LogP) is 13.6. The maximum atomic E-state index is 14.9. The Morgan fingerprint density at radius 1 is 0.482 bits per heavy atom. The van der Waals surface area contributed by atoms with Crippen LogP contribution in [-0.4, -0.2) is 48.8 Å². The SMILES string of the molecule is COc1cccc(NC[C@@H](F)Cn2c3ccc(Br)cc3c3cc(Br)ccc32)c1.COc1cccc(NC[C@H](F)Cn2c3ccc(Br)cc3c3cc(Br)ccc32)c1. The van der Waals surface area contributed by atoms with Gasteiger partial charge in [0, 0.05) is 98.1 Å². The van der Waals surface area contributed by atoms with E-state index >= 15 is 0 Å². The number of aromatic nitrogens is 2. The lowest BCUT2D eigenvalue weighted by Gasteiger charge is -2.14. The Morgan fingerprint density at radius 3 is 1.11 bits per heavy atom. The van der Waals surface area contributed by atoms with E-state index in [2.05, 4.69) is 108 Å². The summed E-state index contributed by atoms with van der Waals surface area (Å²) in [5.74, 6) is 1.50. The van der Waals surface area contributed by atoms with Crippen LogP contribution in [0.15, 0.2) is 139 Å². The second kappa shape index (κ2) is 18.0. The molecular formula is C44H38Br4F2N4O2. The predicted molar refractivity (Wildman–Crippen MR) is 242 cm³/mol. The first kappa shape index (κ1) is 40.1. The third-order valence-corrected chi connectivity index (χ3v) is 11.5. The summed E-state index contributed by atoms with van der Waals surface area (Å²) in [6, 6.07) is 39.5. The number of rotatable bonds is 12. The summed E-state index contributed by atoms with van der Waals surface area (Å²) in [5, 5.41) is 10.8. The molecule has 0 aliphatic heterocycles. The first-order valence-corrected chi connectivity index (χ1v) is 21.1. The molecule has 12 heteroatoms. The molecular weight excluding hydrogens is 974 g/mol. The van der Waals surface area contributed by atoms with Gasteiger partial charge in [-0.3, -0.25) is 0 Å². The van der Waals surface area contributed by atoms with Gasteiger partial charge < -0.3 is 29.2 Å². The van der Waals surface area contributed by atoms with Crippen molar-refractivity contribution in [1.29, 1.82) is 0 Å². The van der Waals surface area contributed by atoms with Crippen molar-refractivity contribution in [2.24, 2.45) is 0 Å². The number of anilines is 2. The summed E-state index contributed by atoms with van der Waals surface area (Å²) in [5.41, 5.74) is 5.80. The molecule has 2 N–H and O–H groups in total. The average molecular weight is 1010 g/mol. The van der Waals surface area contributed by atoms with Gasteiger partial charge in [-0.15, -0.1) is 0 Å². The lowest BCUT2D eigenvalue weighted by Crippen LogP contribution is -2.21. The number of ether oxygens (including phenoxy) is 2. The zero-order valence-electron chi connectivity index (χ0n) is 30.5. The monoisotopic (exact) mass is 1010 g/mol. The molecule has 8 aromatic rings. The molecule has 0 aliphatic carbocycles. The van der Waals surface area contributed by atoms with Crippen LogP contribution >= 0.6 is 63.7 Å². The first-order chi connectivity index (χ1) is 27.1. The van der Waals surface area contributed by atoms with Gasteiger partial charge in [-0.2, -0.15) is 0 Å².